The van der Waals surface area contributed by atoms with Crippen molar-refractivity contribution in [2.24, 2.45) is 0 Å². The molecule has 0 aromatic heterocycles. The number of aliphatic hydroxyl groups is 3. The second-order valence-corrected chi connectivity index (χ2v) is 4.00. The van der Waals surface area contributed by atoms with E-state index in [4.69, 9.17) is 15.3 Å². The Morgan fingerprint density at radius 2 is 1.88 bits per heavy atom. The van der Waals surface area contributed by atoms with Crippen LogP contribution in [0.3, 0.4) is 0 Å². The van der Waals surface area contributed by atoms with Gasteiger partial charge in [-0.05, 0) is 0 Å². The molecule has 0 saturated heterocycles. The van der Waals surface area contributed by atoms with E-state index in [1.165, 1.54) is 0 Å². The van der Waals surface area contributed by atoms with Crippen molar-refractivity contribution in [3.8, 4) is 0 Å². The van der Waals surface area contributed by atoms with Gasteiger partial charge in [0.1, 0.15) is 31.6 Å². The molecule has 0 amide bonds. The molecule has 3 N–H and O–H groups in total. The van der Waals surface area contributed by atoms with E-state index in [1.54, 1.807) is 0 Å². The Morgan fingerprint density at radius 3 is 2.25 bits per heavy atom. The van der Waals surface area contributed by atoms with E-state index < -0.39 is 45.2 Å². The van der Waals surface area contributed by atoms with Crippen molar-refractivity contribution in [2.45, 2.75) is 18.3 Å². The van der Waals surface area contributed by atoms with Gasteiger partial charge in [-0.1, -0.05) is 0 Å². The Bertz CT molecular complexity index is 278. The van der Waals surface area contributed by atoms with Crippen LogP contribution in [0, 0.1) is 0 Å². The van der Waals surface area contributed by atoms with Gasteiger partial charge in [0.2, 0.25) is 0 Å². The molecule has 0 radical (unpaired) electrons. The first-order valence-electron chi connectivity index (χ1n) is 3.98. The highest BCUT2D eigenvalue weighted by Gasteiger charge is 2.30. The third-order valence-electron chi connectivity index (χ3n) is 1.57. The molecule has 1 unspecified atom stereocenters. The van der Waals surface area contributed by atoms with Crippen molar-refractivity contribution in [3.05, 3.63) is 0 Å². The number of hydrogen-bond donors (Lipinski definition) is 3. The molecule has 0 aliphatic heterocycles. The summed E-state index contributed by atoms with van der Waals surface area (Å²) in [4.78, 5) is 30.8. The lowest BCUT2D eigenvalue weighted by molar-refractivity contribution is -0.341. The number of alkyl halides is 1. The third kappa shape index (κ3) is 5.61. The zero-order valence-electron chi connectivity index (χ0n) is 7.85. The molecular weight excluding hydrogens is 250 g/mol. The maximum absolute atomic E-state index is 11.8. The molecule has 0 aromatic rings. The van der Waals surface area contributed by atoms with Crippen LogP contribution in [0.1, 0.15) is 0 Å². The SMILES string of the molecule is O=C(COP(=O)([O-])[O-])[C@H](O)[C@@H](O)C(O)CF. The van der Waals surface area contributed by atoms with Gasteiger partial charge in [-0.2, -0.15) is 0 Å². The summed E-state index contributed by atoms with van der Waals surface area (Å²) in [5, 5.41) is 26.6. The van der Waals surface area contributed by atoms with Crippen molar-refractivity contribution >= 4 is 13.6 Å². The molecule has 0 bridgehead atoms. The fraction of sp³-hybridized carbons (Fsp3) is 0.833. The number of ketones is 1. The van der Waals surface area contributed by atoms with E-state index in [-0.39, 0.29) is 0 Å². The van der Waals surface area contributed by atoms with E-state index in [2.05, 4.69) is 4.52 Å². The topological polar surface area (TPSA) is 150 Å². The van der Waals surface area contributed by atoms with Gasteiger partial charge >= 0.3 is 0 Å². The number of phosphoric acid groups is 1. The van der Waals surface area contributed by atoms with Crippen LogP contribution in [0.5, 0.6) is 0 Å². The number of Topliss-reactive ketones (excluding diaryl/α,β-unsaturated/α-hetero) is 1. The predicted molar refractivity (Wildman–Crippen MR) is 42.6 cm³/mol. The lowest BCUT2D eigenvalue weighted by atomic mass is 10.1. The minimum absolute atomic E-state index is 1.29. The van der Waals surface area contributed by atoms with Gasteiger partial charge in [0.15, 0.2) is 5.78 Å². The van der Waals surface area contributed by atoms with Gasteiger partial charge in [0.25, 0.3) is 0 Å². The summed E-state index contributed by atoms with van der Waals surface area (Å²) >= 11 is 0. The van der Waals surface area contributed by atoms with Crippen LogP contribution in [0.25, 0.3) is 0 Å². The highest BCUT2D eigenvalue weighted by atomic mass is 31.2. The molecular formula is C6H10FO8P-2. The largest absolute Gasteiger partial charge is 0.790 e. The van der Waals surface area contributed by atoms with E-state index in [0.29, 0.717) is 0 Å². The summed E-state index contributed by atoms with van der Waals surface area (Å²) in [5.74, 6) is -1.37. The van der Waals surface area contributed by atoms with Gasteiger partial charge in [0, 0.05) is 0 Å². The monoisotopic (exact) mass is 260 g/mol. The Kier molecular flexibility index (Phi) is 6.19. The predicted octanol–water partition coefficient (Wildman–Crippen LogP) is -3.55. The average molecular weight is 260 g/mol. The Morgan fingerprint density at radius 1 is 1.38 bits per heavy atom. The summed E-state index contributed by atoms with van der Waals surface area (Å²) < 4.78 is 25.3. The van der Waals surface area contributed by atoms with Crippen molar-refractivity contribution in [1.82, 2.24) is 0 Å². The third-order valence-corrected chi connectivity index (χ3v) is 2.02. The van der Waals surface area contributed by atoms with Crippen molar-refractivity contribution in [1.29, 1.82) is 0 Å². The minimum Gasteiger partial charge on any atom is -0.790 e. The smallest absolute Gasteiger partial charge is 0.189 e. The van der Waals surface area contributed by atoms with E-state index in [9.17, 15) is 23.5 Å². The fourth-order valence-electron chi connectivity index (χ4n) is 0.720. The molecule has 96 valence electrons. The highest BCUT2D eigenvalue weighted by molar-refractivity contribution is 7.43. The summed E-state index contributed by atoms with van der Waals surface area (Å²) in [6.07, 6.45) is -6.36. The van der Waals surface area contributed by atoms with E-state index in [1.807, 2.05) is 0 Å². The number of aliphatic hydroxyl groups excluding tert-OH is 3. The standard InChI is InChI=1S/C6H12FO8P/c7-1-3(8)5(10)6(11)4(9)2-15-16(12,13)14/h3,5-6,8,10-11H,1-2H2,(H2,12,13,14)/p-2/t3?,5-,6-/m0/s1. The van der Waals surface area contributed by atoms with Gasteiger partial charge < -0.3 is 34.2 Å². The minimum atomic E-state index is -5.37. The summed E-state index contributed by atoms with van der Waals surface area (Å²) in [7, 11) is -5.37. The number of phosphoric ester groups is 1. The molecule has 3 atom stereocenters. The van der Waals surface area contributed by atoms with Crippen molar-refractivity contribution in [3.63, 3.8) is 0 Å². The van der Waals surface area contributed by atoms with E-state index in [0.717, 1.165) is 0 Å². The first-order valence-corrected chi connectivity index (χ1v) is 5.44. The number of carbonyl (C=O) groups excluding carboxylic acids is 1. The normalized spacial score (nSPS) is 17.9. The lowest BCUT2D eigenvalue weighted by Gasteiger charge is -2.29. The fourth-order valence-corrected chi connectivity index (χ4v) is 1.01. The molecule has 10 heteroatoms. The zero-order valence-corrected chi connectivity index (χ0v) is 8.75. The Labute approximate surface area is 89.5 Å². The summed E-state index contributed by atoms with van der Waals surface area (Å²) in [6.45, 7) is -2.70. The number of hydrogen-bond acceptors (Lipinski definition) is 8. The van der Waals surface area contributed by atoms with Gasteiger partial charge in [-0.15, -0.1) is 0 Å². The van der Waals surface area contributed by atoms with Crippen LogP contribution in [0.2, 0.25) is 0 Å². The van der Waals surface area contributed by atoms with Gasteiger partial charge in [-0.25, -0.2) is 4.39 Å². The molecule has 0 saturated carbocycles. The van der Waals surface area contributed by atoms with Crippen LogP contribution < -0.4 is 9.79 Å². The average Bonchev–Trinajstić information content (AvgIpc) is 2.21. The van der Waals surface area contributed by atoms with Crippen LogP contribution in [0.15, 0.2) is 0 Å². The zero-order chi connectivity index (χ0) is 12.9. The Balaban J connectivity index is 4.23. The van der Waals surface area contributed by atoms with Crippen LogP contribution in [-0.2, 0) is 13.9 Å². The second-order valence-electron chi connectivity index (χ2n) is 2.84. The highest BCUT2D eigenvalue weighted by Crippen LogP contribution is 2.24. The first kappa shape index (κ1) is 15.6. The molecule has 0 rings (SSSR count). The molecule has 0 aromatic carbocycles. The molecule has 0 spiro atoms. The lowest BCUT2D eigenvalue weighted by Crippen LogP contribution is -2.44. The van der Waals surface area contributed by atoms with Gasteiger partial charge in [0.05, 0.1) is 7.82 Å². The maximum atomic E-state index is 11.8. The second kappa shape index (κ2) is 6.36. The number of halogens is 1. The quantitative estimate of drug-likeness (QED) is 0.398. The van der Waals surface area contributed by atoms with Crippen LogP contribution in [0.4, 0.5) is 4.39 Å². The molecule has 8 nitrogen and oxygen atoms in total. The Hall–Kier alpha value is -0.410. The van der Waals surface area contributed by atoms with Crippen LogP contribution >= 0.6 is 7.82 Å². The molecule has 0 fully saturated rings. The molecule has 0 aliphatic carbocycles. The number of rotatable bonds is 7. The number of carbonyl (C=O) groups is 1. The molecule has 16 heavy (non-hydrogen) atoms. The van der Waals surface area contributed by atoms with Gasteiger partial charge in [-0.3, -0.25) is 4.79 Å². The molecule has 0 heterocycles. The van der Waals surface area contributed by atoms with Crippen molar-refractivity contribution in [2.75, 3.05) is 13.3 Å². The first-order chi connectivity index (χ1) is 7.19. The molecule has 0 aliphatic rings. The summed E-state index contributed by atoms with van der Waals surface area (Å²) in [5.41, 5.74) is 0. The maximum Gasteiger partial charge on any atom is 0.189 e. The van der Waals surface area contributed by atoms with E-state index >= 15 is 0 Å². The van der Waals surface area contributed by atoms with Crippen LogP contribution in [-0.4, -0.2) is 52.7 Å². The van der Waals surface area contributed by atoms with Crippen molar-refractivity contribution < 1.29 is 43.4 Å². The summed E-state index contributed by atoms with van der Waals surface area (Å²) in [6, 6.07) is 0.